The van der Waals surface area contributed by atoms with Gasteiger partial charge < -0.3 is 10.3 Å². The molecule has 0 aliphatic heterocycles. The Balaban J connectivity index is 1.87. The molecule has 2 N–H and O–H groups in total. The van der Waals surface area contributed by atoms with Gasteiger partial charge in [-0.25, -0.2) is 15.0 Å². The molecule has 0 saturated heterocycles. The van der Waals surface area contributed by atoms with Crippen LogP contribution in [0.1, 0.15) is 0 Å². The lowest BCUT2D eigenvalue weighted by Crippen LogP contribution is -1.99. The van der Waals surface area contributed by atoms with Crippen LogP contribution < -0.4 is 5.73 Å². The third-order valence-corrected chi connectivity index (χ3v) is 3.70. The largest absolute Gasteiger partial charge is 0.368 e. The van der Waals surface area contributed by atoms with Crippen LogP contribution in [0.2, 0.25) is 0 Å². The normalized spacial score (nSPS) is 10.7. The van der Waals surface area contributed by atoms with E-state index in [4.69, 9.17) is 5.73 Å². The van der Waals surface area contributed by atoms with Gasteiger partial charge in [0, 0.05) is 47.8 Å². The number of pyridine rings is 1. The smallest absolute Gasteiger partial charge is 0.220 e. The zero-order chi connectivity index (χ0) is 16.4. The maximum atomic E-state index is 5.79. The first-order chi connectivity index (χ1) is 11.8. The SMILES string of the molecule is Nc1ncc(-c2cccc(-n3ccnc3)c2)c(-c2cccnc2)n1. The Morgan fingerprint density at radius 2 is 1.83 bits per heavy atom. The molecule has 6 heteroatoms. The van der Waals surface area contributed by atoms with Crippen LogP contribution in [0.4, 0.5) is 5.95 Å². The van der Waals surface area contributed by atoms with Crippen molar-refractivity contribution in [3.8, 4) is 28.1 Å². The van der Waals surface area contributed by atoms with Gasteiger partial charge in [-0.2, -0.15) is 0 Å². The lowest BCUT2D eigenvalue weighted by molar-refractivity contribution is 1.06. The third-order valence-electron chi connectivity index (χ3n) is 3.70. The van der Waals surface area contributed by atoms with Crippen LogP contribution in [0.15, 0.2) is 73.7 Å². The van der Waals surface area contributed by atoms with E-state index in [1.54, 1.807) is 31.1 Å². The molecule has 1 aromatic carbocycles. The molecule has 3 heterocycles. The molecule has 0 spiro atoms. The Hall–Kier alpha value is -3.54. The van der Waals surface area contributed by atoms with Gasteiger partial charge in [-0.15, -0.1) is 0 Å². The summed E-state index contributed by atoms with van der Waals surface area (Å²) in [5.41, 5.74) is 10.4. The van der Waals surface area contributed by atoms with E-state index in [2.05, 4.69) is 26.0 Å². The van der Waals surface area contributed by atoms with Crippen LogP contribution in [0.3, 0.4) is 0 Å². The van der Waals surface area contributed by atoms with E-state index in [0.717, 1.165) is 28.1 Å². The molecule has 0 aliphatic carbocycles. The highest BCUT2D eigenvalue weighted by Crippen LogP contribution is 2.31. The second kappa shape index (κ2) is 5.92. The molecule has 3 aromatic heterocycles. The first-order valence-electron chi connectivity index (χ1n) is 7.43. The zero-order valence-corrected chi connectivity index (χ0v) is 12.7. The van der Waals surface area contributed by atoms with E-state index in [0.29, 0.717) is 0 Å². The van der Waals surface area contributed by atoms with Gasteiger partial charge in [-0.3, -0.25) is 4.98 Å². The monoisotopic (exact) mass is 314 g/mol. The fourth-order valence-electron chi connectivity index (χ4n) is 2.58. The van der Waals surface area contributed by atoms with Crippen molar-refractivity contribution in [1.82, 2.24) is 24.5 Å². The van der Waals surface area contributed by atoms with Crippen molar-refractivity contribution in [3.05, 3.63) is 73.7 Å². The van der Waals surface area contributed by atoms with E-state index >= 15 is 0 Å². The van der Waals surface area contributed by atoms with Gasteiger partial charge in [-0.1, -0.05) is 12.1 Å². The van der Waals surface area contributed by atoms with Crippen LogP contribution in [0.5, 0.6) is 0 Å². The van der Waals surface area contributed by atoms with E-state index in [9.17, 15) is 0 Å². The molecular weight excluding hydrogens is 300 g/mol. The zero-order valence-electron chi connectivity index (χ0n) is 12.7. The van der Waals surface area contributed by atoms with Crippen molar-refractivity contribution in [2.75, 3.05) is 5.73 Å². The van der Waals surface area contributed by atoms with Gasteiger partial charge in [0.2, 0.25) is 5.95 Å². The van der Waals surface area contributed by atoms with Crippen molar-refractivity contribution < 1.29 is 0 Å². The maximum absolute atomic E-state index is 5.79. The minimum Gasteiger partial charge on any atom is -0.368 e. The van der Waals surface area contributed by atoms with Crippen LogP contribution in [-0.4, -0.2) is 24.5 Å². The number of anilines is 1. The lowest BCUT2D eigenvalue weighted by Gasteiger charge is -2.11. The van der Waals surface area contributed by atoms with Crippen molar-refractivity contribution in [3.63, 3.8) is 0 Å². The van der Waals surface area contributed by atoms with E-state index in [-0.39, 0.29) is 5.95 Å². The predicted molar refractivity (Wildman–Crippen MR) is 92.2 cm³/mol. The van der Waals surface area contributed by atoms with Crippen LogP contribution in [-0.2, 0) is 0 Å². The molecule has 0 radical (unpaired) electrons. The summed E-state index contributed by atoms with van der Waals surface area (Å²) >= 11 is 0. The number of nitrogens with zero attached hydrogens (tertiary/aromatic N) is 5. The topological polar surface area (TPSA) is 82.5 Å². The molecule has 0 fully saturated rings. The summed E-state index contributed by atoms with van der Waals surface area (Å²) in [6.07, 6.45) is 10.7. The summed E-state index contributed by atoms with van der Waals surface area (Å²) in [5, 5.41) is 0. The average Bonchev–Trinajstić information content (AvgIpc) is 3.17. The predicted octanol–water partition coefficient (Wildman–Crippen LogP) is 2.97. The van der Waals surface area contributed by atoms with E-state index in [1.165, 1.54) is 0 Å². The first-order valence-corrected chi connectivity index (χ1v) is 7.43. The Bertz CT molecular complexity index is 964. The Morgan fingerprint density at radius 1 is 0.917 bits per heavy atom. The van der Waals surface area contributed by atoms with Gasteiger partial charge in [0.15, 0.2) is 0 Å². The minimum absolute atomic E-state index is 0.239. The number of nitrogens with two attached hydrogens (primary N) is 1. The molecule has 4 aromatic rings. The Labute approximate surface area is 138 Å². The molecule has 0 bridgehead atoms. The molecule has 4 rings (SSSR count). The molecule has 116 valence electrons. The fourth-order valence-corrected chi connectivity index (χ4v) is 2.58. The number of hydrogen-bond acceptors (Lipinski definition) is 5. The summed E-state index contributed by atoms with van der Waals surface area (Å²) in [7, 11) is 0. The van der Waals surface area contributed by atoms with E-state index in [1.807, 2.05) is 41.1 Å². The second-order valence-electron chi connectivity index (χ2n) is 5.25. The van der Waals surface area contributed by atoms with Gasteiger partial charge >= 0.3 is 0 Å². The maximum Gasteiger partial charge on any atom is 0.220 e. The standard InChI is InChI=1S/C18H14N6/c19-18-22-11-16(17(23-18)14-4-2-6-20-10-14)13-3-1-5-15(9-13)24-8-7-21-12-24/h1-12H,(H2,19,22,23). The minimum atomic E-state index is 0.239. The molecule has 0 amide bonds. The molecule has 0 unspecified atom stereocenters. The number of imidazole rings is 1. The van der Waals surface area contributed by atoms with Crippen LogP contribution >= 0.6 is 0 Å². The quantitative estimate of drug-likeness (QED) is 0.628. The van der Waals surface area contributed by atoms with Crippen molar-refractivity contribution >= 4 is 5.95 Å². The molecule has 24 heavy (non-hydrogen) atoms. The Morgan fingerprint density at radius 3 is 2.62 bits per heavy atom. The number of hydrogen-bond donors (Lipinski definition) is 1. The van der Waals surface area contributed by atoms with Gasteiger partial charge in [0.05, 0.1) is 12.0 Å². The Kier molecular flexibility index (Phi) is 3.47. The van der Waals surface area contributed by atoms with E-state index < -0.39 is 0 Å². The van der Waals surface area contributed by atoms with Crippen LogP contribution in [0, 0.1) is 0 Å². The lowest BCUT2D eigenvalue weighted by atomic mass is 10.0. The van der Waals surface area contributed by atoms with Gasteiger partial charge in [-0.05, 0) is 29.8 Å². The molecule has 0 saturated carbocycles. The number of rotatable bonds is 3. The highest BCUT2D eigenvalue weighted by Gasteiger charge is 2.11. The molecular formula is C18H14N6. The van der Waals surface area contributed by atoms with Gasteiger partial charge in [0.25, 0.3) is 0 Å². The summed E-state index contributed by atoms with van der Waals surface area (Å²) in [6, 6.07) is 11.9. The first kappa shape index (κ1) is 14.1. The highest BCUT2D eigenvalue weighted by molar-refractivity contribution is 5.81. The summed E-state index contributed by atoms with van der Waals surface area (Å²) in [5.74, 6) is 0.239. The third kappa shape index (κ3) is 2.61. The summed E-state index contributed by atoms with van der Waals surface area (Å²) in [6.45, 7) is 0. The molecule has 6 nitrogen and oxygen atoms in total. The number of nitrogen functional groups attached to an aromatic ring is 1. The molecule has 0 atom stereocenters. The summed E-state index contributed by atoms with van der Waals surface area (Å²) in [4.78, 5) is 16.8. The number of benzene rings is 1. The summed E-state index contributed by atoms with van der Waals surface area (Å²) < 4.78 is 1.95. The number of aromatic nitrogens is 5. The average molecular weight is 314 g/mol. The van der Waals surface area contributed by atoms with Crippen LogP contribution in [0.25, 0.3) is 28.1 Å². The van der Waals surface area contributed by atoms with Crippen molar-refractivity contribution in [2.24, 2.45) is 0 Å². The van der Waals surface area contributed by atoms with Gasteiger partial charge in [0.1, 0.15) is 0 Å². The fraction of sp³-hybridized carbons (Fsp3) is 0. The highest BCUT2D eigenvalue weighted by atomic mass is 15.0. The molecule has 0 aliphatic rings. The van der Waals surface area contributed by atoms with Crippen molar-refractivity contribution in [1.29, 1.82) is 0 Å². The van der Waals surface area contributed by atoms with Crippen molar-refractivity contribution in [2.45, 2.75) is 0 Å². The second-order valence-corrected chi connectivity index (χ2v) is 5.25.